The Morgan fingerprint density at radius 2 is 1.51 bits per heavy atom. The second kappa shape index (κ2) is 9.78. The number of carbonyl (C=O) groups is 4. The molecule has 13 nitrogen and oxygen atoms in total. The van der Waals surface area contributed by atoms with Gasteiger partial charge in [0.05, 0.1) is 11.1 Å². The number of aliphatic hydroxyl groups is 3. The molecule has 196 valence electrons. The minimum absolute atomic E-state index is 0.0812. The standard InChI is InChI=1S/C24H22O13/c1-8-2-10-17(12(25)3-8)21(32)18-11(19(10)30)4-9(5-13(18)26)36-24-23(34)22(33)20(31)14(37-24)7-35-16(29)6-15(27)28/h2-5,14,20,22-26,31,33-34H,6-7H2,1H3,(H,27,28). The smallest absolute Gasteiger partial charge is 0.317 e. The number of phenolic OH excluding ortho intramolecular Hbond substituents is 2. The zero-order valence-electron chi connectivity index (χ0n) is 19.2. The van der Waals surface area contributed by atoms with Crippen LogP contribution < -0.4 is 4.74 Å². The summed E-state index contributed by atoms with van der Waals surface area (Å²) in [5.74, 6) is -5.39. The third-order valence-corrected chi connectivity index (χ3v) is 5.92. The van der Waals surface area contributed by atoms with Crippen LogP contribution in [0.25, 0.3) is 0 Å². The third-order valence-electron chi connectivity index (χ3n) is 5.92. The summed E-state index contributed by atoms with van der Waals surface area (Å²) in [6.45, 7) is 0.931. The highest BCUT2D eigenvalue weighted by molar-refractivity contribution is 6.30. The molecule has 0 radical (unpaired) electrons. The maximum atomic E-state index is 13.1. The summed E-state index contributed by atoms with van der Waals surface area (Å²) >= 11 is 0. The fourth-order valence-corrected chi connectivity index (χ4v) is 4.18. The molecule has 0 spiro atoms. The van der Waals surface area contributed by atoms with E-state index in [0.29, 0.717) is 5.56 Å². The fraction of sp³-hybridized carbons (Fsp3) is 0.333. The lowest BCUT2D eigenvalue weighted by atomic mass is 9.82. The first-order chi connectivity index (χ1) is 17.4. The first kappa shape index (κ1) is 26.0. The van der Waals surface area contributed by atoms with Gasteiger partial charge in [0.1, 0.15) is 54.7 Å². The predicted octanol–water partition coefficient (Wildman–Crippen LogP) is -0.614. The van der Waals surface area contributed by atoms with E-state index < -0.39 is 78.7 Å². The van der Waals surface area contributed by atoms with Gasteiger partial charge in [0, 0.05) is 17.2 Å². The van der Waals surface area contributed by atoms with E-state index in [9.17, 15) is 44.7 Å². The maximum Gasteiger partial charge on any atom is 0.317 e. The first-order valence-corrected chi connectivity index (χ1v) is 10.9. The van der Waals surface area contributed by atoms with E-state index >= 15 is 0 Å². The van der Waals surface area contributed by atoms with E-state index in [0.717, 1.165) is 12.1 Å². The largest absolute Gasteiger partial charge is 0.507 e. The van der Waals surface area contributed by atoms with Crippen LogP contribution in [-0.4, -0.2) is 91.5 Å². The van der Waals surface area contributed by atoms with Crippen LogP contribution in [0.4, 0.5) is 0 Å². The van der Waals surface area contributed by atoms with Crippen molar-refractivity contribution in [1.29, 1.82) is 0 Å². The van der Waals surface area contributed by atoms with Gasteiger partial charge >= 0.3 is 11.9 Å². The molecular formula is C24H22O13. The lowest BCUT2D eigenvalue weighted by Crippen LogP contribution is -2.60. The number of hydrogen-bond donors (Lipinski definition) is 6. The average molecular weight is 518 g/mol. The number of carboxylic acid groups (broad SMARTS) is 1. The van der Waals surface area contributed by atoms with Gasteiger partial charge in [0.25, 0.3) is 0 Å². The van der Waals surface area contributed by atoms with Crippen LogP contribution in [0.15, 0.2) is 24.3 Å². The van der Waals surface area contributed by atoms with E-state index in [-0.39, 0.29) is 28.0 Å². The van der Waals surface area contributed by atoms with Crippen molar-refractivity contribution in [3.8, 4) is 17.2 Å². The Morgan fingerprint density at radius 3 is 2.16 bits per heavy atom. The number of aliphatic hydroxyl groups excluding tert-OH is 3. The van der Waals surface area contributed by atoms with Crippen molar-refractivity contribution < 1.29 is 64.0 Å². The van der Waals surface area contributed by atoms with Gasteiger partial charge in [-0.1, -0.05) is 0 Å². The molecule has 1 aliphatic carbocycles. The highest BCUT2D eigenvalue weighted by Crippen LogP contribution is 2.40. The molecule has 0 bridgehead atoms. The molecule has 13 heteroatoms. The number of ketones is 2. The summed E-state index contributed by atoms with van der Waals surface area (Å²) in [7, 11) is 0. The molecule has 0 aromatic heterocycles. The number of aryl methyl sites for hydroxylation is 1. The monoisotopic (exact) mass is 518 g/mol. The van der Waals surface area contributed by atoms with E-state index in [1.165, 1.54) is 12.1 Å². The molecule has 1 saturated heterocycles. The number of esters is 1. The Kier molecular flexibility index (Phi) is 6.88. The van der Waals surface area contributed by atoms with Gasteiger partial charge < -0.3 is 44.8 Å². The van der Waals surface area contributed by atoms with Crippen molar-refractivity contribution in [2.24, 2.45) is 0 Å². The molecule has 5 unspecified atom stereocenters. The van der Waals surface area contributed by atoms with E-state index in [4.69, 9.17) is 19.3 Å². The van der Waals surface area contributed by atoms with Crippen molar-refractivity contribution in [1.82, 2.24) is 0 Å². The number of carbonyl (C=O) groups excluding carboxylic acids is 3. The molecule has 1 heterocycles. The minimum Gasteiger partial charge on any atom is -0.507 e. The molecule has 1 fully saturated rings. The van der Waals surface area contributed by atoms with Crippen molar-refractivity contribution in [2.75, 3.05) is 6.61 Å². The summed E-state index contributed by atoms with van der Waals surface area (Å²) in [4.78, 5) is 48.2. The fourth-order valence-electron chi connectivity index (χ4n) is 4.18. The zero-order valence-corrected chi connectivity index (χ0v) is 19.2. The third kappa shape index (κ3) is 4.84. The number of phenols is 2. The molecule has 4 rings (SSSR count). The number of aromatic hydroxyl groups is 2. The van der Waals surface area contributed by atoms with Crippen LogP contribution in [0, 0.1) is 6.92 Å². The zero-order chi connectivity index (χ0) is 27.2. The van der Waals surface area contributed by atoms with Gasteiger partial charge in [-0.15, -0.1) is 0 Å². The van der Waals surface area contributed by atoms with Crippen LogP contribution in [-0.2, 0) is 19.1 Å². The molecular weight excluding hydrogens is 496 g/mol. The van der Waals surface area contributed by atoms with Crippen molar-refractivity contribution >= 4 is 23.5 Å². The van der Waals surface area contributed by atoms with Crippen LogP contribution in [0.3, 0.4) is 0 Å². The highest BCUT2D eigenvalue weighted by Gasteiger charge is 2.46. The number of aliphatic carboxylic acids is 1. The molecule has 6 N–H and O–H groups in total. The first-order valence-electron chi connectivity index (χ1n) is 10.9. The summed E-state index contributed by atoms with van der Waals surface area (Å²) in [5, 5.41) is 60.0. The molecule has 5 atom stereocenters. The quantitative estimate of drug-likeness (QED) is 0.177. The van der Waals surface area contributed by atoms with Gasteiger partial charge in [-0.3, -0.25) is 19.2 Å². The number of hydrogen-bond acceptors (Lipinski definition) is 12. The van der Waals surface area contributed by atoms with Gasteiger partial charge in [-0.2, -0.15) is 0 Å². The van der Waals surface area contributed by atoms with Crippen LogP contribution in [0.2, 0.25) is 0 Å². The Balaban J connectivity index is 1.59. The molecule has 0 saturated carbocycles. The van der Waals surface area contributed by atoms with Crippen molar-refractivity contribution in [3.63, 3.8) is 0 Å². The molecule has 1 aliphatic heterocycles. The number of fused-ring (bicyclic) bond motifs is 2. The van der Waals surface area contributed by atoms with Gasteiger partial charge in [0.2, 0.25) is 12.1 Å². The second-order valence-corrected chi connectivity index (χ2v) is 8.62. The number of rotatable bonds is 6. The van der Waals surface area contributed by atoms with Crippen LogP contribution in [0.1, 0.15) is 43.8 Å². The lowest BCUT2D eigenvalue weighted by molar-refractivity contribution is -0.278. The number of ether oxygens (including phenoxy) is 3. The van der Waals surface area contributed by atoms with E-state index in [1.807, 2.05) is 0 Å². The topological polar surface area (TPSA) is 217 Å². The molecule has 2 aromatic carbocycles. The lowest BCUT2D eigenvalue weighted by Gasteiger charge is -2.40. The Labute approximate surface area is 208 Å². The summed E-state index contributed by atoms with van der Waals surface area (Å²) in [6, 6.07) is 4.77. The summed E-state index contributed by atoms with van der Waals surface area (Å²) in [5.41, 5.74) is -0.438. The second-order valence-electron chi connectivity index (χ2n) is 8.62. The van der Waals surface area contributed by atoms with E-state index in [2.05, 4.69) is 0 Å². The van der Waals surface area contributed by atoms with E-state index in [1.54, 1.807) is 6.92 Å². The number of carboxylic acids is 1. The van der Waals surface area contributed by atoms with Gasteiger partial charge in [-0.05, 0) is 30.7 Å². The maximum absolute atomic E-state index is 13.1. The minimum atomic E-state index is -1.84. The summed E-state index contributed by atoms with van der Waals surface area (Å²) in [6.07, 6.45) is -9.50. The normalized spacial score (nSPS) is 24.7. The average Bonchev–Trinajstić information content (AvgIpc) is 2.80. The Morgan fingerprint density at radius 1 is 0.892 bits per heavy atom. The van der Waals surface area contributed by atoms with Gasteiger partial charge in [-0.25, -0.2) is 0 Å². The Bertz CT molecular complexity index is 1300. The van der Waals surface area contributed by atoms with Crippen molar-refractivity contribution in [3.05, 3.63) is 52.1 Å². The van der Waals surface area contributed by atoms with Crippen LogP contribution >= 0.6 is 0 Å². The van der Waals surface area contributed by atoms with Gasteiger partial charge in [0.15, 0.2) is 5.78 Å². The predicted molar refractivity (Wildman–Crippen MR) is 118 cm³/mol. The molecule has 2 aromatic rings. The number of benzene rings is 2. The molecule has 0 amide bonds. The van der Waals surface area contributed by atoms with Crippen molar-refractivity contribution in [2.45, 2.75) is 44.1 Å². The van der Waals surface area contributed by atoms with Crippen LogP contribution in [0.5, 0.6) is 17.2 Å². The summed E-state index contributed by atoms with van der Waals surface area (Å²) < 4.78 is 15.6. The highest BCUT2D eigenvalue weighted by atomic mass is 16.7. The molecule has 2 aliphatic rings. The molecule has 37 heavy (non-hydrogen) atoms. The Hall–Kier alpha value is -4.04. The SMILES string of the molecule is Cc1cc(O)c2c(c1)C(=O)c1cc(OC3OC(COC(=O)CC(=O)O)C(O)C(O)C3O)cc(O)c1C2=O.